The summed E-state index contributed by atoms with van der Waals surface area (Å²) >= 11 is 5.89. The van der Waals surface area contributed by atoms with Gasteiger partial charge in [0, 0.05) is 18.7 Å². The molecule has 0 fully saturated rings. The van der Waals surface area contributed by atoms with Crippen molar-refractivity contribution in [3.05, 3.63) is 58.6 Å². The van der Waals surface area contributed by atoms with Crippen LogP contribution in [0.4, 0.5) is 5.69 Å². The zero-order chi connectivity index (χ0) is 18.4. The monoisotopic (exact) mass is 377 g/mol. The van der Waals surface area contributed by atoms with Crippen LogP contribution < -0.4 is 10.0 Å². The van der Waals surface area contributed by atoms with Gasteiger partial charge in [0.25, 0.3) is 0 Å². The number of hydrogen-bond donors (Lipinski definition) is 2. The summed E-state index contributed by atoms with van der Waals surface area (Å²) in [7, 11) is -3.65. The summed E-state index contributed by atoms with van der Waals surface area (Å²) in [6.07, 6.45) is -0.0390. The maximum absolute atomic E-state index is 12.1. The Morgan fingerprint density at radius 1 is 1.20 bits per heavy atom. The molecule has 25 heavy (non-hydrogen) atoms. The molecule has 2 aromatic rings. The topological polar surface area (TPSA) is 99.1 Å². The van der Waals surface area contributed by atoms with Crippen LogP contribution in [0.25, 0.3) is 0 Å². The molecule has 8 heteroatoms. The molecule has 2 aromatic carbocycles. The lowest BCUT2D eigenvalue weighted by atomic mass is 10.2. The van der Waals surface area contributed by atoms with Crippen molar-refractivity contribution in [2.45, 2.75) is 18.2 Å². The third kappa shape index (κ3) is 5.29. The Kier molecular flexibility index (Phi) is 6.15. The van der Waals surface area contributed by atoms with Crippen LogP contribution in [0.15, 0.2) is 47.4 Å². The molecule has 0 atom stereocenters. The van der Waals surface area contributed by atoms with Crippen LogP contribution in [0.1, 0.15) is 17.5 Å². The number of hydrogen-bond acceptors (Lipinski definition) is 4. The second-order valence-corrected chi connectivity index (χ2v) is 7.49. The Morgan fingerprint density at radius 3 is 2.48 bits per heavy atom. The lowest BCUT2D eigenvalue weighted by molar-refractivity contribution is -0.116. The molecule has 0 radical (unpaired) electrons. The summed E-state index contributed by atoms with van der Waals surface area (Å²) in [5, 5.41) is 11.6. The minimum Gasteiger partial charge on any atom is -0.326 e. The van der Waals surface area contributed by atoms with Gasteiger partial charge >= 0.3 is 0 Å². The lowest BCUT2D eigenvalue weighted by Crippen LogP contribution is -2.27. The second-order valence-electron chi connectivity index (χ2n) is 5.32. The van der Waals surface area contributed by atoms with E-state index < -0.39 is 10.0 Å². The summed E-state index contributed by atoms with van der Waals surface area (Å²) in [6, 6.07) is 12.9. The number of carbonyl (C=O) groups excluding carboxylic acids is 1. The van der Waals surface area contributed by atoms with Gasteiger partial charge in [0.05, 0.1) is 15.5 Å². The van der Waals surface area contributed by atoms with Gasteiger partial charge in [0.15, 0.2) is 0 Å². The maximum atomic E-state index is 12.1. The fraction of sp³-hybridized carbons (Fsp3) is 0.176. The molecule has 0 spiro atoms. The molecular formula is C17H16ClN3O3S. The van der Waals surface area contributed by atoms with E-state index in [1.54, 1.807) is 18.2 Å². The fourth-order valence-electron chi connectivity index (χ4n) is 2.01. The molecule has 1 amide bonds. The number of carbonyl (C=O) groups is 1. The minimum absolute atomic E-state index is 0.0357. The molecule has 2 N–H and O–H groups in total. The van der Waals surface area contributed by atoms with Crippen molar-refractivity contribution in [1.82, 2.24) is 4.72 Å². The standard InChI is InChI=1S/C17H16ClN3O3S/c1-12-2-6-15(7-3-12)25(23,24)20-9-8-17(22)21-14-5-4-13(11-19)16(18)10-14/h2-7,10,20H,8-9H2,1H3,(H,21,22). The molecule has 0 bridgehead atoms. The zero-order valence-corrected chi connectivity index (χ0v) is 15.0. The molecular weight excluding hydrogens is 362 g/mol. The molecule has 0 unspecified atom stereocenters. The number of benzene rings is 2. The number of amides is 1. The Morgan fingerprint density at radius 2 is 1.88 bits per heavy atom. The number of anilines is 1. The van der Waals surface area contributed by atoms with E-state index in [1.165, 1.54) is 24.3 Å². The first-order valence-corrected chi connectivity index (χ1v) is 9.24. The van der Waals surface area contributed by atoms with Crippen LogP contribution in [-0.2, 0) is 14.8 Å². The number of aryl methyl sites for hydroxylation is 1. The van der Waals surface area contributed by atoms with Crippen LogP contribution in [0.3, 0.4) is 0 Å². The van der Waals surface area contributed by atoms with E-state index >= 15 is 0 Å². The average molecular weight is 378 g/mol. The Labute approximate surface area is 151 Å². The molecule has 0 aromatic heterocycles. The van der Waals surface area contributed by atoms with Gasteiger partial charge < -0.3 is 5.32 Å². The van der Waals surface area contributed by atoms with Gasteiger partial charge in [-0.15, -0.1) is 0 Å². The van der Waals surface area contributed by atoms with Gasteiger partial charge in [-0.25, -0.2) is 13.1 Å². The summed E-state index contributed by atoms with van der Waals surface area (Å²) in [5.74, 6) is -0.368. The van der Waals surface area contributed by atoms with Crippen molar-refractivity contribution in [2.24, 2.45) is 0 Å². The van der Waals surface area contributed by atoms with E-state index in [9.17, 15) is 13.2 Å². The predicted molar refractivity (Wildman–Crippen MR) is 95.8 cm³/mol. The van der Waals surface area contributed by atoms with Crippen LogP contribution in [0.5, 0.6) is 0 Å². The summed E-state index contributed by atoms with van der Waals surface area (Å²) in [4.78, 5) is 12.0. The fourth-order valence-corrected chi connectivity index (χ4v) is 3.26. The maximum Gasteiger partial charge on any atom is 0.240 e. The number of nitrogens with zero attached hydrogens (tertiary/aromatic N) is 1. The Hall–Kier alpha value is -2.40. The van der Waals surface area contributed by atoms with Crippen LogP contribution in [0.2, 0.25) is 5.02 Å². The van der Waals surface area contributed by atoms with Crippen molar-refractivity contribution < 1.29 is 13.2 Å². The van der Waals surface area contributed by atoms with Gasteiger partial charge in [-0.05, 0) is 37.3 Å². The highest BCUT2D eigenvalue weighted by Crippen LogP contribution is 2.20. The Bertz CT molecular complexity index is 919. The molecule has 0 aliphatic heterocycles. The third-order valence-corrected chi connectivity index (χ3v) is 5.14. The first-order valence-electron chi connectivity index (χ1n) is 7.37. The molecule has 2 rings (SSSR count). The van der Waals surface area contributed by atoms with Crippen molar-refractivity contribution in [1.29, 1.82) is 5.26 Å². The number of sulfonamides is 1. The average Bonchev–Trinajstić information content (AvgIpc) is 2.55. The number of halogens is 1. The predicted octanol–water partition coefficient (Wildman–Crippen LogP) is 2.83. The highest BCUT2D eigenvalue weighted by atomic mass is 35.5. The Balaban J connectivity index is 1.89. The van der Waals surface area contributed by atoms with E-state index in [0.717, 1.165) is 5.56 Å². The number of nitriles is 1. The normalized spacial score (nSPS) is 10.9. The van der Waals surface area contributed by atoms with Crippen LogP contribution >= 0.6 is 11.6 Å². The van der Waals surface area contributed by atoms with Crippen molar-refractivity contribution in [3.63, 3.8) is 0 Å². The summed E-state index contributed by atoms with van der Waals surface area (Å²) in [5.41, 5.74) is 1.71. The first-order chi connectivity index (χ1) is 11.8. The molecule has 0 aliphatic rings. The van der Waals surface area contributed by atoms with E-state index in [4.69, 9.17) is 16.9 Å². The third-order valence-electron chi connectivity index (χ3n) is 3.35. The summed E-state index contributed by atoms with van der Waals surface area (Å²) < 4.78 is 26.6. The highest BCUT2D eigenvalue weighted by Gasteiger charge is 2.14. The smallest absolute Gasteiger partial charge is 0.240 e. The zero-order valence-electron chi connectivity index (χ0n) is 13.4. The minimum atomic E-state index is -3.65. The summed E-state index contributed by atoms with van der Waals surface area (Å²) in [6.45, 7) is 1.83. The van der Waals surface area contributed by atoms with Gasteiger partial charge in [-0.1, -0.05) is 29.3 Å². The van der Waals surface area contributed by atoms with E-state index in [1.807, 2.05) is 13.0 Å². The molecule has 0 aliphatic carbocycles. The lowest BCUT2D eigenvalue weighted by Gasteiger charge is -2.08. The highest BCUT2D eigenvalue weighted by molar-refractivity contribution is 7.89. The van der Waals surface area contributed by atoms with Gasteiger partial charge in [-0.3, -0.25) is 4.79 Å². The molecule has 0 saturated heterocycles. The van der Waals surface area contributed by atoms with E-state index in [-0.39, 0.29) is 28.8 Å². The molecule has 6 nitrogen and oxygen atoms in total. The largest absolute Gasteiger partial charge is 0.326 e. The molecule has 130 valence electrons. The molecule has 0 saturated carbocycles. The second kappa shape index (κ2) is 8.12. The number of rotatable bonds is 6. The van der Waals surface area contributed by atoms with Crippen LogP contribution in [-0.4, -0.2) is 20.9 Å². The quantitative estimate of drug-likeness (QED) is 0.808. The van der Waals surface area contributed by atoms with Gasteiger partial charge in [0.2, 0.25) is 15.9 Å². The van der Waals surface area contributed by atoms with E-state index in [2.05, 4.69) is 10.0 Å². The van der Waals surface area contributed by atoms with Crippen molar-refractivity contribution in [2.75, 3.05) is 11.9 Å². The first kappa shape index (κ1) is 18.9. The van der Waals surface area contributed by atoms with Crippen LogP contribution in [0, 0.1) is 18.3 Å². The SMILES string of the molecule is Cc1ccc(S(=O)(=O)NCCC(=O)Nc2ccc(C#N)c(Cl)c2)cc1. The van der Waals surface area contributed by atoms with Gasteiger partial charge in [-0.2, -0.15) is 5.26 Å². The van der Waals surface area contributed by atoms with Gasteiger partial charge in [0.1, 0.15) is 6.07 Å². The molecule has 0 heterocycles. The van der Waals surface area contributed by atoms with E-state index in [0.29, 0.717) is 11.3 Å². The van der Waals surface area contributed by atoms with Crippen molar-refractivity contribution in [3.8, 4) is 6.07 Å². The van der Waals surface area contributed by atoms with Crippen molar-refractivity contribution >= 4 is 33.2 Å². The number of nitrogens with one attached hydrogen (secondary N) is 2.